The number of ether oxygens (including phenoxy) is 4. The monoisotopic (exact) mass is 420 g/mol. The Morgan fingerprint density at radius 3 is 2.58 bits per heavy atom. The van der Waals surface area contributed by atoms with Gasteiger partial charge in [0.05, 0.1) is 25.2 Å². The molecule has 1 aromatic heterocycles. The van der Waals surface area contributed by atoms with Crippen molar-refractivity contribution in [3.63, 3.8) is 0 Å². The molecule has 0 atom stereocenters. The van der Waals surface area contributed by atoms with Crippen molar-refractivity contribution in [2.45, 2.75) is 52.0 Å². The van der Waals surface area contributed by atoms with Gasteiger partial charge in [-0.15, -0.1) is 0 Å². The highest BCUT2D eigenvalue weighted by Crippen LogP contribution is 2.43. The molecule has 0 saturated heterocycles. The summed E-state index contributed by atoms with van der Waals surface area (Å²) >= 11 is 0. The van der Waals surface area contributed by atoms with Crippen LogP contribution in [0.4, 0.5) is 0 Å². The van der Waals surface area contributed by atoms with E-state index in [2.05, 4.69) is 35.8 Å². The second-order valence-corrected chi connectivity index (χ2v) is 8.32. The molecule has 2 aliphatic rings. The van der Waals surface area contributed by atoms with E-state index in [0.717, 1.165) is 42.4 Å². The van der Waals surface area contributed by atoms with E-state index in [1.807, 2.05) is 6.07 Å². The standard InChI is InChI=1S/C26H30NO4/c1-4-5-6-7-8-20-25-18(9-10-22(28-2)26(25)29-3)13-21-19-15-24-23(30-16-31-24)14-17(19)11-12-27(20)21/h9-10,13-15H,4-8,11-12,16H2,1-3H3/q+1. The van der Waals surface area contributed by atoms with Crippen LogP contribution in [0.2, 0.25) is 0 Å². The second-order valence-electron chi connectivity index (χ2n) is 8.32. The summed E-state index contributed by atoms with van der Waals surface area (Å²) in [7, 11) is 3.44. The molecular formula is C26H30NO4+. The van der Waals surface area contributed by atoms with Gasteiger partial charge >= 0.3 is 0 Å². The molecule has 5 heteroatoms. The van der Waals surface area contributed by atoms with Gasteiger partial charge in [-0.25, -0.2) is 0 Å². The number of aromatic nitrogens is 1. The average molecular weight is 421 g/mol. The third-order valence-corrected chi connectivity index (χ3v) is 6.52. The van der Waals surface area contributed by atoms with Crippen molar-refractivity contribution in [1.82, 2.24) is 0 Å². The van der Waals surface area contributed by atoms with Crippen molar-refractivity contribution >= 4 is 10.8 Å². The van der Waals surface area contributed by atoms with E-state index in [-0.39, 0.29) is 0 Å². The lowest BCUT2D eigenvalue weighted by atomic mass is 9.92. The number of rotatable bonds is 7. The lowest BCUT2D eigenvalue weighted by Crippen LogP contribution is -2.44. The maximum Gasteiger partial charge on any atom is 0.231 e. The largest absolute Gasteiger partial charge is 0.493 e. The minimum absolute atomic E-state index is 0.301. The van der Waals surface area contributed by atoms with Crippen molar-refractivity contribution in [1.29, 1.82) is 0 Å². The number of hydrogen-bond donors (Lipinski definition) is 0. The van der Waals surface area contributed by atoms with E-state index in [1.165, 1.54) is 59.0 Å². The minimum Gasteiger partial charge on any atom is -0.493 e. The van der Waals surface area contributed by atoms with Crippen molar-refractivity contribution in [2.24, 2.45) is 0 Å². The molecule has 0 fully saturated rings. The lowest BCUT2D eigenvalue weighted by Gasteiger charge is -2.20. The summed E-state index contributed by atoms with van der Waals surface area (Å²) in [4.78, 5) is 0. The van der Waals surface area contributed by atoms with Gasteiger partial charge < -0.3 is 18.9 Å². The molecule has 0 saturated carbocycles. The SMILES string of the molecule is CCCCCCc1c2c(OC)c(OC)ccc2cc2[n+]1CCc1cc3c(cc1-2)OCO3. The van der Waals surface area contributed by atoms with Crippen molar-refractivity contribution in [3.05, 3.63) is 41.6 Å². The third-order valence-electron chi connectivity index (χ3n) is 6.52. The van der Waals surface area contributed by atoms with Crippen LogP contribution >= 0.6 is 0 Å². The second kappa shape index (κ2) is 8.29. The number of nitrogens with zero attached hydrogens (tertiary/aromatic N) is 1. The average Bonchev–Trinajstić information content (AvgIpc) is 3.26. The first kappa shape index (κ1) is 20.0. The Kier molecular flexibility index (Phi) is 5.34. The molecule has 2 aliphatic heterocycles. The molecule has 5 nitrogen and oxygen atoms in total. The number of benzene rings is 2. The van der Waals surface area contributed by atoms with E-state index >= 15 is 0 Å². The Labute approximate surface area is 183 Å². The summed E-state index contributed by atoms with van der Waals surface area (Å²) in [6, 6.07) is 10.7. The van der Waals surface area contributed by atoms with Crippen molar-refractivity contribution in [2.75, 3.05) is 21.0 Å². The van der Waals surface area contributed by atoms with Crippen LogP contribution in [-0.2, 0) is 19.4 Å². The molecule has 2 aromatic carbocycles. The van der Waals surface area contributed by atoms with Gasteiger partial charge in [0.25, 0.3) is 0 Å². The highest BCUT2D eigenvalue weighted by molar-refractivity contribution is 5.94. The third kappa shape index (κ3) is 3.36. The van der Waals surface area contributed by atoms with Gasteiger partial charge in [-0.05, 0) is 41.6 Å². The summed E-state index contributed by atoms with van der Waals surface area (Å²) in [6.45, 7) is 3.50. The fourth-order valence-corrected chi connectivity index (χ4v) is 4.99. The zero-order valence-corrected chi connectivity index (χ0v) is 18.6. The first-order valence-electron chi connectivity index (χ1n) is 11.3. The Bertz CT molecular complexity index is 1140. The number of hydrogen-bond acceptors (Lipinski definition) is 4. The van der Waals surface area contributed by atoms with Gasteiger partial charge in [0.1, 0.15) is 0 Å². The molecule has 31 heavy (non-hydrogen) atoms. The summed E-state index contributed by atoms with van der Waals surface area (Å²) in [5.74, 6) is 3.31. The molecule has 3 heterocycles. The first-order chi connectivity index (χ1) is 15.2. The van der Waals surface area contributed by atoms with Crippen LogP contribution in [-0.4, -0.2) is 21.0 Å². The normalized spacial score (nSPS) is 13.8. The minimum atomic E-state index is 0.301. The molecule has 0 bridgehead atoms. The smallest absolute Gasteiger partial charge is 0.231 e. The van der Waals surface area contributed by atoms with E-state index in [4.69, 9.17) is 18.9 Å². The summed E-state index contributed by atoms with van der Waals surface area (Å²) < 4.78 is 25.3. The van der Waals surface area contributed by atoms with Gasteiger partial charge in [-0.1, -0.05) is 26.2 Å². The van der Waals surface area contributed by atoms with Crippen molar-refractivity contribution < 1.29 is 23.5 Å². The molecule has 0 spiro atoms. The predicted molar refractivity (Wildman–Crippen MR) is 120 cm³/mol. The zero-order valence-electron chi connectivity index (χ0n) is 18.6. The highest BCUT2D eigenvalue weighted by atomic mass is 16.7. The topological polar surface area (TPSA) is 40.8 Å². The van der Waals surface area contributed by atoms with E-state index in [1.54, 1.807) is 14.2 Å². The van der Waals surface area contributed by atoms with Gasteiger partial charge in [0.15, 0.2) is 35.2 Å². The zero-order chi connectivity index (χ0) is 21.4. The van der Waals surface area contributed by atoms with Crippen LogP contribution in [0.3, 0.4) is 0 Å². The fraction of sp³-hybridized carbons (Fsp3) is 0.423. The van der Waals surface area contributed by atoms with Gasteiger partial charge in [0, 0.05) is 18.9 Å². The summed E-state index contributed by atoms with van der Waals surface area (Å²) in [5.41, 5.74) is 5.13. The van der Waals surface area contributed by atoms with E-state index in [0.29, 0.717) is 6.79 Å². The Morgan fingerprint density at radius 1 is 0.968 bits per heavy atom. The highest BCUT2D eigenvalue weighted by Gasteiger charge is 2.32. The number of unbranched alkanes of at least 4 members (excludes halogenated alkanes) is 3. The Morgan fingerprint density at radius 2 is 1.81 bits per heavy atom. The molecular weight excluding hydrogens is 390 g/mol. The molecule has 0 N–H and O–H groups in total. The van der Waals surface area contributed by atoms with Gasteiger partial charge in [-0.3, -0.25) is 0 Å². The molecule has 162 valence electrons. The fourth-order valence-electron chi connectivity index (χ4n) is 4.99. The van der Waals surface area contributed by atoms with Crippen LogP contribution in [0.5, 0.6) is 23.0 Å². The Balaban J connectivity index is 1.72. The number of fused-ring (bicyclic) bond motifs is 5. The molecule has 0 aliphatic carbocycles. The number of methoxy groups -OCH3 is 2. The number of pyridine rings is 1. The van der Waals surface area contributed by atoms with E-state index in [9.17, 15) is 0 Å². The van der Waals surface area contributed by atoms with Crippen LogP contribution in [0.15, 0.2) is 30.3 Å². The van der Waals surface area contributed by atoms with Crippen molar-refractivity contribution in [3.8, 4) is 34.3 Å². The first-order valence-corrected chi connectivity index (χ1v) is 11.3. The quantitative estimate of drug-likeness (QED) is 0.388. The van der Waals surface area contributed by atoms with Crippen LogP contribution in [0, 0.1) is 0 Å². The maximum absolute atomic E-state index is 5.86. The molecule has 0 amide bonds. The predicted octanol–water partition coefficient (Wildman–Crippen LogP) is 5.22. The molecule has 0 radical (unpaired) electrons. The maximum atomic E-state index is 5.86. The van der Waals surface area contributed by atoms with E-state index < -0.39 is 0 Å². The molecule has 0 unspecified atom stereocenters. The Hall–Kier alpha value is -2.95. The van der Waals surface area contributed by atoms with Crippen LogP contribution in [0.25, 0.3) is 22.0 Å². The van der Waals surface area contributed by atoms with Crippen LogP contribution in [0.1, 0.15) is 43.9 Å². The lowest BCUT2D eigenvalue weighted by molar-refractivity contribution is -0.693. The summed E-state index contributed by atoms with van der Waals surface area (Å²) in [5, 5.41) is 2.35. The van der Waals surface area contributed by atoms with Gasteiger partial charge in [-0.2, -0.15) is 4.57 Å². The van der Waals surface area contributed by atoms with Gasteiger partial charge in [0.2, 0.25) is 12.5 Å². The molecule has 5 rings (SSSR count). The number of aryl methyl sites for hydroxylation is 2. The van der Waals surface area contributed by atoms with Crippen LogP contribution < -0.4 is 23.5 Å². The summed E-state index contributed by atoms with van der Waals surface area (Å²) in [6.07, 6.45) is 6.91. The molecule has 3 aromatic rings.